The molecule has 0 spiro atoms. The second kappa shape index (κ2) is 11.5. The molecule has 0 amide bonds. The van der Waals surface area contributed by atoms with Gasteiger partial charge >= 0.3 is 0 Å². The molecule has 0 radical (unpaired) electrons. The van der Waals surface area contributed by atoms with Crippen LogP contribution >= 0.6 is 24.0 Å². The van der Waals surface area contributed by atoms with Crippen molar-refractivity contribution in [2.24, 2.45) is 4.99 Å². The van der Waals surface area contributed by atoms with E-state index >= 15 is 0 Å². The van der Waals surface area contributed by atoms with E-state index in [1.165, 1.54) is 0 Å². The van der Waals surface area contributed by atoms with Crippen LogP contribution in [-0.4, -0.2) is 43.3 Å². The number of nitrogens with zero attached hydrogens (tertiary/aromatic N) is 3. The fourth-order valence-electron chi connectivity index (χ4n) is 3.94. The molecule has 0 bridgehead atoms. The number of rotatable bonds is 6. The lowest BCUT2D eigenvalue weighted by Crippen LogP contribution is -2.51. The van der Waals surface area contributed by atoms with Gasteiger partial charge in [-0.2, -0.15) is 0 Å². The lowest BCUT2D eigenvalue weighted by Gasteiger charge is -2.36. The van der Waals surface area contributed by atoms with Gasteiger partial charge < -0.3 is 20.1 Å². The number of nitrogens with one attached hydrogen (secondary N) is 2. The van der Waals surface area contributed by atoms with Gasteiger partial charge in [0.1, 0.15) is 11.6 Å². The van der Waals surface area contributed by atoms with Gasteiger partial charge in [0.15, 0.2) is 5.96 Å². The molecule has 1 aromatic carbocycles. The van der Waals surface area contributed by atoms with Gasteiger partial charge in [-0.15, -0.1) is 24.0 Å². The maximum Gasteiger partial charge on any atom is 0.191 e. The van der Waals surface area contributed by atoms with E-state index in [0.29, 0.717) is 12.6 Å². The second-order valence-corrected chi connectivity index (χ2v) is 7.67. The molecule has 30 heavy (non-hydrogen) atoms. The van der Waals surface area contributed by atoms with Crippen LogP contribution in [0.3, 0.4) is 0 Å². The van der Waals surface area contributed by atoms with Crippen molar-refractivity contribution in [2.45, 2.75) is 53.0 Å². The van der Waals surface area contributed by atoms with Crippen LogP contribution in [0, 0.1) is 26.6 Å². The molecule has 3 rings (SSSR count). The zero-order valence-corrected chi connectivity index (χ0v) is 20.6. The van der Waals surface area contributed by atoms with E-state index in [4.69, 9.17) is 9.52 Å². The molecule has 1 saturated heterocycles. The fourth-order valence-corrected chi connectivity index (χ4v) is 3.94. The Morgan fingerprint density at radius 3 is 2.80 bits per heavy atom. The molecule has 1 aliphatic rings. The van der Waals surface area contributed by atoms with Gasteiger partial charge in [0, 0.05) is 43.5 Å². The summed E-state index contributed by atoms with van der Waals surface area (Å²) in [6, 6.07) is 5.33. The molecule has 1 fully saturated rings. The maximum atomic E-state index is 13.5. The second-order valence-electron chi connectivity index (χ2n) is 7.67. The van der Waals surface area contributed by atoms with Crippen molar-refractivity contribution in [1.29, 1.82) is 0 Å². The van der Waals surface area contributed by atoms with Gasteiger partial charge in [0.25, 0.3) is 0 Å². The largest absolute Gasteiger partial charge is 0.369 e. The summed E-state index contributed by atoms with van der Waals surface area (Å²) in [5.41, 5.74) is 4.16. The van der Waals surface area contributed by atoms with E-state index in [-0.39, 0.29) is 29.8 Å². The summed E-state index contributed by atoms with van der Waals surface area (Å²) in [4.78, 5) is 7.09. The lowest BCUT2D eigenvalue weighted by atomic mass is 10.0. The van der Waals surface area contributed by atoms with E-state index < -0.39 is 0 Å². The summed E-state index contributed by atoms with van der Waals surface area (Å²) in [5, 5.41) is 10.9. The first-order valence-corrected chi connectivity index (χ1v) is 10.5. The quantitative estimate of drug-likeness (QED) is 0.335. The van der Waals surface area contributed by atoms with Gasteiger partial charge in [0.2, 0.25) is 0 Å². The molecule has 2 heterocycles. The first-order chi connectivity index (χ1) is 14.0. The minimum Gasteiger partial charge on any atom is -0.369 e. The number of benzene rings is 1. The molecule has 6 nitrogen and oxygen atoms in total. The van der Waals surface area contributed by atoms with Crippen molar-refractivity contribution in [2.75, 3.05) is 31.1 Å². The topological polar surface area (TPSA) is 65.7 Å². The van der Waals surface area contributed by atoms with Crippen molar-refractivity contribution < 1.29 is 8.91 Å². The molecule has 2 aromatic rings. The van der Waals surface area contributed by atoms with Gasteiger partial charge in [-0.05, 0) is 70.7 Å². The van der Waals surface area contributed by atoms with E-state index in [0.717, 1.165) is 73.1 Å². The Labute approximate surface area is 195 Å². The minimum absolute atomic E-state index is 0. The average molecular weight is 529 g/mol. The number of piperidine rings is 1. The van der Waals surface area contributed by atoms with Crippen LogP contribution in [0.2, 0.25) is 0 Å². The van der Waals surface area contributed by atoms with Crippen LogP contribution in [0.15, 0.2) is 27.7 Å². The van der Waals surface area contributed by atoms with Crippen LogP contribution in [0.5, 0.6) is 0 Å². The van der Waals surface area contributed by atoms with Crippen molar-refractivity contribution >= 4 is 35.6 Å². The fraction of sp³-hybridized carbons (Fsp3) is 0.545. The number of guanidine groups is 1. The van der Waals surface area contributed by atoms with Crippen LogP contribution in [0.25, 0.3) is 0 Å². The molecule has 8 heteroatoms. The summed E-state index contributed by atoms with van der Waals surface area (Å²) >= 11 is 0. The van der Waals surface area contributed by atoms with Crippen molar-refractivity contribution in [1.82, 2.24) is 15.8 Å². The van der Waals surface area contributed by atoms with Crippen LogP contribution in [-0.2, 0) is 6.42 Å². The van der Waals surface area contributed by atoms with Crippen molar-refractivity contribution in [3.05, 3.63) is 46.6 Å². The highest BCUT2D eigenvalue weighted by atomic mass is 127. The van der Waals surface area contributed by atoms with Gasteiger partial charge in [-0.25, -0.2) is 4.39 Å². The monoisotopic (exact) mass is 529 g/mol. The van der Waals surface area contributed by atoms with Crippen LogP contribution < -0.4 is 15.5 Å². The highest BCUT2D eigenvalue weighted by Gasteiger charge is 2.22. The summed E-state index contributed by atoms with van der Waals surface area (Å²) in [7, 11) is 0. The molecule has 0 aliphatic carbocycles. The molecule has 1 aromatic heterocycles. The smallest absolute Gasteiger partial charge is 0.191 e. The molecule has 0 saturated carbocycles. The number of aryl methyl sites for hydroxylation is 3. The zero-order valence-electron chi connectivity index (χ0n) is 18.3. The molecule has 1 unspecified atom stereocenters. The van der Waals surface area contributed by atoms with Crippen LogP contribution in [0.1, 0.15) is 42.3 Å². The third-order valence-corrected chi connectivity index (χ3v) is 5.42. The Morgan fingerprint density at radius 1 is 1.33 bits per heavy atom. The average Bonchev–Trinajstić information content (AvgIpc) is 3.00. The molecular formula is C22H33FIN5O. The Bertz CT molecular complexity index is 835. The highest BCUT2D eigenvalue weighted by Crippen LogP contribution is 2.24. The van der Waals surface area contributed by atoms with Crippen molar-refractivity contribution in [3.63, 3.8) is 0 Å². The van der Waals surface area contributed by atoms with Gasteiger partial charge in [-0.1, -0.05) is 5.16 Å². The normalized spacial score (nSPS) is 16.9. The Balaban J connectivity index is 0.00000320. The van der Waals surface area contributed by atoms with Gasteiger partial charge in [-0.3, -0.25) is 4.99 Å². The highest BCUT2D eigenvalue weighted by molar-refractivity contribution is 14.0. The summed E-state index contributed by atoms with van der Waals surface area (Å²) in [5.74, 6) is 1.52. The van der Waals surface area contributed by atoms with Crippen molar-refractivity contribution in [3.8, 4) is 0 Å². The number of aliphatic imine (C=N–C) groups is 1. The van der Waals surface area contributed by atoms with E-state index in [9.17, 15) is 4.39 Å². The molecule has 1 aliphatic heterocycles. The van der Waals surface area contributed by atoms with E-state index in [1.54, 1.807) is 12.1 Å². The molecule has 166 valence electrons. The summed E-state index contributed by atoms with van der Waals surface area (Å²) < 4.78 is 18.7. The lowest BCUT2D eigenvalue weighted by molar-refractivity contribution is 0.392. The first-order valence-electron chi connectivity index (χ1n) is 10.5. The Morgan fingerprint density at radius 2 is 2.13 bits per heavy atom. The van der Waals surface area contributed by atoms with Crippen LogP contribution in [0.4, 0.5) is 10.1 Å². The number of halogens is 2. The number of hydrogen-bond acceptors (Lipinski definition) is 4. The summed E-state index contributed by atoms with van der Waals surface area (Å²) in [6.07, 6.45) is 2.99. The number of hydrogen-bond donors (Lipinski definition) is 2. The first kappa shape index (κ1) is 24.4. The SMILES string of the molecule is CCNC(=NCCc1c(C)noc1C)NC1CCCN(c2ccc(F)cc2C)C1.I. The third-order valence-electron chi connectivity index (χ3n) is 5.42. The molecule has 2 N–H and O–H groups in total. The molecular weight excluding hydrogens is 496 g/mol. The van der Waals surface area contributed by atoms with E-state index in [1.807, 2.05) is 26.8 Å². The zero-order chi connectivity index (χ0) is 20.8. The predicted octanol–water partition coefficient (Wildman–Crippen LogP) is 4.12. The predicted molar refractivity (Wildman–Crippen MR) is 131 cm³/mol. The Hall–Kier alpha value is -1.84. The van der Waals surface area contributed by atoms with E-state index in [2.05, 4.69) is 27.6 Å². The summed E-state index contributed by atoms with van der Waals surface area (Å²) in [6.45, 7) is 11.3. The third kappa shape index (κ3) is 6.33. The number of anilines is 1. The molecule has 1 atom stereocenters. The maximum absolute atomic E-state index is 13.5. The standard InChI is InChI=1S/C22H32FN5O.HI/c1-5-24-22(25-11-10-20-16(3)27-29-17(20)4)26-19-7-6-12-28(14-19)21-9-8-18(23)13-15(21)2;/h8-9,13,19H,5-7,10-12,14H2,1-4H3,(H2,24,25,26);1H. The number of aromatic nitrogens is 1. The minimum atomic E-state index is -0.183. The Kier molecular flexibility index (Phi) is 9.38. The van der Waals surface area contributed by atoms with Gasteiger partial charge in [0.05, 0.1) is 5.69 Å².